The van der Waals surface area contributed by atoms with Gasteiger partial charge >= 0.3 is 0 Å². The molecule has 0 fully saturated rings. The van der Waals surface area contributed by atoms with Crippen LogP contribution in [0.25, 0.3) is 11.1 Å². The highest BCUT2D eigenvalue weighted by Crippen LogP contribution is 2.31. The maximum atomic E-state index is 13.4. The molecule has 3 heterocycles. The summed E-state index contributed by atoms with van der Waals surface area (Å²) in [5, 5.41) is 0. The Morgan fingerprint density at radius 1 is 1.24 bits per heavy atom. The van der Waals surface area contributed by atoms with Crippen molar-refractivity contribution in [3.63, 3.8) is 0 Å². The average Bonchev–Trinajstić information content (AvgIpc) is 2.87. The van der Waals surface area contributed by atoms with Gasteiger partial charge in [-0.3, -0.25) is 19.3 Å². The summed E-state index contributed by atoms with van der Waals surface area (Å²) in [5.41, 5.74) is 13.2. The number of alkyl halides is 2. The number of hydrogen-bond donors (Lipinski definition) is 1. The third-order valence-corrected chi connectivity index (χ3v) is 6.82. The zero-order valence-electron chi connectivity index (χ0n) is 22.7. The van der Waals surface area contributed by atoms with Gasteiger partial charge in [-0.1, -0.05) is 13.0 Å². The fourth-order valence-corrected chi connectivity index (χ4v) is 4.68. The maximum Gasteiger partial charge on any atom is 0.280 e. The molecule has 0 aromatic carbocycles. The first-order valence-electron chi connectivity index (χ1n) is 12.4. The van der Waals surface area contributed by atoms with Crippen LogP contribution in [0.15, 0.2) is 51.2 Å². The zero-order valence-corrected chi connectivity index (χ0v) is 22.7. The largest absolute Gasteiger partial charge is 0.402 e. The number of hydrogen-bond acceptors (Lipinski definition) is 6. The molecule has 198 valence electrons. The number of nitrogens with zero attached hydrogens (tertiary/aromatic N) is 5. The van der Waals surface area contributed by atoms with E-state index in [0.29, 0.717) is 17.8 Å². The first kappa shape index (κ1) is 28.0. The fourth-order valence-electron chi connectivity index (χ4n) is 4.68. The first-order valence-corrected chi connectivity index (χ1v) is 12.4. The van der Waals surface area contributed by atoms with E-state index in [1.165, 1.54) is 4.57 Å². The third-order valence-electron chi connectivity index (χ3n) is 6.82. The summed E-state index contributed by atoms with van der Waals surface area (Å²) in [4.78, 5) is 27.8. The third kappa shape index (κ3) is 5.87. The number of rotatable bonds is 7. The molecule has 2 aromatic heterocycles. The summed E-state index contributed by atoms with van der Waals surface area (Å²) >= 11 is 0. The smallest absolute Gasteiger partial charge is 0.280 e. The highest BCUT2D eigenvalue weighted by Gasteiger charge is 2.23. The molecule has 0 spiro atoms. The minimum absolute atomic E-state index is 0.242. The lowest BCUT2D eigenvalue weighted by Gasteiger charge is -2.33. The van der Waals surface area contributed by atoms with Crippen LogP contribution in [0.4, 0.5) is 8.78 Å². The molecular formula is C28H36F2N6O. The predicted molar refractivity (Wildman–Crippen MR) is 145 cm³/mol. The Morgan fingerprint density at radius 2 is 1.95 bits per heavy atom. The molecule has 2 N–H and O–H groups in total. The summed E-state index contributed by atoms with van der Waals surface area (Å²) in [7, 11) is 3.29. The summed E-state index contributed by atoms with van der Waals surface area (Å²) in [6.07, 6.45) is 2.72. The van der Waals surface area contributed by atoms with Gasteiger partial charge in [-0.05, 0) is 56.9 Å². The van der Waals surface area contributed by atoms with E-state index in [9.17, 15) is 13.6 Å². The molecule has 37 heavy (non-hydrogen) atoms. The molecule has 0 saturated carbocycles. The van der Waals surface area contributed by atoms with Crippen LogP contribution in [0.1, 0.15) is 75.8 Å². The molecular weight excluding hydrogens is 474 g/mol. The molecule has 0 aliphatic carbocycles. The SMILES string of the molecule is CC/C=C(/C(C)=C(/C)c1nc(C(F)F)cc(=O)n1C)N1CCc2ncc(/C(C(C)=NC)=C(\C)N)cc2C1. The molecule has 1 aliphatic rings. The van der Waals surface area contributed by atoms with E-state index in [2.05, 4.69) is 33.9 Å². The van der Waals surface area contributed by atoms with E-state index >= 15 is 0 Å². The Labute approximate surface area is 217 Å². The lowest BCUT2D eigenvalue weighted by Crippen LogP contribution is -2.31. The van der Waals surface area contributed by atoms with Crippen LogP contribution < -0.4 is 11.3 Å². The fraction of sp³-hybridized carbons (Fsp3) is 0.429. The van der Waals surface area contributed by atoms with Crippen molar-refractivity contribution in [2.75, 3.05) is 13.6 Å². The number of aromatic nitrogens is 3. The standard InChI is InChI=1S/C28H36F2N6O/c1-8-9-24(16(2)17(3)28-34-23(27(29)30)13-25(37)35(28)7)36-11-10-22-21(15-36)12-20(14-33-22)26(18(4)31)19(5)32-6/h9,12-14,27H,8,10-11,15,31H2,1-7H3/b17-16-,24-9-,26-18+,32-19?. The van der Waals surface area contributed by atoms with Crippen LogP contribution in [0.5, 0.6) is 0 Å². The van der Waals surface area contributed by atoms with E-state index in [4.69, 9.17) is 10.7 Å². The average molecular weight is 511 g/mol. The molecule has 0 bridgehead atoms. The summed E-state index contributed by atoms with van der Waals surface area (Å²) < 4.78 is 28.1. The van der Waals surface area contributed by atoms with Gasteiger partial charge in [-0.25, -0.2) is 13.8 Å². The van der Waals surface area contributed by atoms with Crippen molar-refractivity contribution in [2.45, 2.75) is 60.4 Å². The van der Waals surface area contributed by atoms with Crippen molar-refractivity contribution in [1.82, 2.24) is 19.4 Å². The Hall–Kier alpha value is -3.62. The van der Waals surface area contributed by atoms with E-state index in [1.54, 1.807) is 14.1 Å². The van der Waals surface area contributed by atoms with Crippen molar-refractivity contribution in [3.05, 3.63) is 80.1 Å². The number of fused-ring (bicyclic) bond motifs is 1. The second-order valence-corrected chi connectivity index (χ2v) is 9.32. The number of aliphatic imine (C=N–C) groups is 1. The van der Waals surface area contributed by atoms with Gasteiger partial charge in [0.15, 0.2) is 0 Å². The Bertz CT molecular complexity index is 1360. The number of allylic oxidation sites excluding steroid dienone is 5. The van der Waals surface area contributed by atoms with E-state index in [-0.39, 0.29) is 5.82 Å². The van der Waals surface area contributed by atoms with Crippen molar-refractivity contribution >= 4 is 16.9 Å². The summed E-state index contributed by atoms with van der Waals surface area (Å²) in [6, 6.07) is 3.02. The molecule has 3 rings (SSSR count). The number of nitrogens with two attached hydrogens (primary N) is 1. The molecule has 9 heteroatoms. The van der Waals surface area contributed by atoms with Gasteiger partial charge in [-0.2, -0.15) is 0 Å². The second kappa shape index (κ2) is 11.6. The minimum Gasteiger partial charge on any atom is -0.402 e. The quantitative estimate of drug-likeness (QED) is 0.416. The molecule has 0 unspecified atom stereocenters. The summed E-state index contributed by atoms with van der Waals surface area (Å²) in [5.74, 6) is 0.242. The van der Waals surface area contributed by atoms with Crippen molar-refractivity contribution < 1.29 is 8.78 Å². The molecule has 0 amide bonds. The van der Waals surface area contributed by atoms with Crippen LogP contribution in [-0.4, -0.2) is 38.7 Å². The van der Waals surface area contributed by atoms with Crippen molar-refractivity contribution in [3.8, 4) is 0 Å². The van der Waals surface area contributed by atoms with Gasteiger partial charge in [0, 0.05) is 79.8 Å². The van der Waals surface area contributed by atoms with Crippen LogP contribution in [0, 0.1) is 0 Å². The first-order chi connectivity index (χ1) is 17.5. The molecule has 2 aromatic rings. The molecule has 0 radical (unpaired) electrons. The molecule has 1 aliphatic heterocycles. The molecule has 0 saturated heterocycles. The Kier molecular flexibility index (Phi) is 8.78. The van der Waals surface area contributed by atoms with Crippen LogP contribution in [-0.2, 0) is 20.0 Å². The van der Waals surface area contributed by atoms with Gasteiger partial charge in [0.25, 0.3) is 12.0 Å². The predicted octanol–water partition coefficient (Wildman–Crippen LogP) is 5.04. The van der Waals surface area contributed by atoms with Crippen molar-refractivity contribution in [2.24, 2.45) is 17.8 Å². The normalized spacial score (nSPS) is 16.0. The highest BCUT2D eigenvalue weighted by atomic mass is 19.3. The number of halogens is 2. The van der Waals surface area contributed by atoms with Crippen LogP contribution in [0.2, 0.25) is 0 Å². The molecule has 0 atom stereocenters. The summed E-state index contributed by atoms with van der Waals surface area (Å²) in [6.45, 7) is 11.0. The lowest BCUT2D eigenvalue weighted by atomic mass is 9.95. The maximum absolute atomic E-state index is 13.4. The Balaban J connectivity index is 2.05. The van der Waals surface area contributed by atoms with Crippen LogP contribution in [0.3, 0.4) is 0 Å². The van der Waals surface area contributed by atoms with Crippen LogP contribution >= 0.6 is 0 Å². The monoisotopic (exact) mass is 510 g/mol. The van der Waals surface area contributed by atoms with Crippen molar-refractivity contribution in [1.29, 1.82) is 0 Å². The minimum atomic E-state index is -2.82. The van der Waals surface area contributed by atoms with Gasteiger partial charge in [0.05, 0.1) is 0 Å². The van der Waals surface area contributed by atoms with E-state index < -0.39 is 17.7 Å². The van der Waals surface area contributed by atoms with E-state index in [1.807, 2.05) is 33.9 Å². The topological polar surface area (TPSA) is 89.4 Å². The Morgan fingerprint density at radius 3 is 2.54 bits per heavy atom. The van der Waals surface area contributed by atoms with Gasteiger partial charge in [0.2, 0.25) is 0 Å². The second-order valence-electron chi connectivity index (χ2n) is 9.32. The van der Waals surface area contributed by atoms with Gasteiger partial charge < -0.3 is 10.6 Å². The molecule has 7 nitrogen and oxygen atoms in total. The number of pyridine rings is 1. The highest BCUT2D eigenvalue weighted by molar-refractivity contribution is 6.23. The zero-order chi connectivity index (χ0) is 27.4. The lowest BCUT2D eigenvalue weighted by molar-refractivity contribution is 0.145. The van der Waals surface area contributed by atoms with E-state index in [0.717, 1.165) is 64.8 Å². The van der Waals surface area contributed by atoms with Gasteiger partial charge in [-0.15, -0.1) is 0 Å². The van der Waals surface area contributed by atoms with Gasteiger partial charge in [0.1, 0.15) is 11.5 Å².